The van der Waals surface area contributed by atoms with Crippen molar-refractivity contribution in [1.82, 2.24) is 9.55 Å². The molecule has 9 heteroatoms. The minimum absolute atomic E-state index is 0.0948. The summed E-state index contributed by atoms with van der Waals surface area (Å²) in [5, 5.41) is 3.54. The number of aromatic nitrogens is 2. The number of methoxy groups -OCH3 is 1. The molecule has 0 atom stereocenters. The Morgan fingerprint density at radius 2 is 2.00 bits per heavy atom. The summed E-state index contributed by atoms with van der Waals surface area (Å²) in [5.41, 5.74) is 3.06. The second kappa shape index (κ2) is 9.58. The van der Waals surface area contributed by atoms with Gasteiger partial charge in [-0.1, -0.05) is 11.6 Å². The summed E-state index contributed by atoms with van der Waals surface area (Å²) in [7, 11) is 1.41. The molecule has 7 nitrogen and oxygen atoms in total. The van der Waals surface area contributed by atoms with E-state index in [4.69, 9.17) is 21.1 Å². The smallest absolute Gasteiger partial charge is 0.316 e. The molecule has 168 valence electrons. The minimum atomic E-state index is -0.494. The first-order valence-corrected chi connectivity index (χ1v) is 10.6. The van der Waals surface area contributed by atoms with Crippen LogP contribution in [0.5, 0.6) is 5.75 Å². The van der Waals surface area contributed by atoms with Crippen LogP contribution in [0.15, 0.2) is 47.4 Å². The first-order valence-electron chi connectivity index (χ1n) is 10.2. The second-order valence-electron chi connectivity index (χ2n) is 7.57. The molecule has 0 saturated carbocycles. The van der Waals surface area contributed by atoms with E-state index < -0.39 is 11.4 Å². The number of ether oxygens (including phenoxy) is 2. The van der Waals surface area contributed by atoms with Crippen LogP contribution in [0, 0.1) is 12.7 Å². The molecule has 0 bridgehead atoms. The van der Waals surface area contributed by atoms with Crippen LogP contribution in [-0.4, -0.2) is 43.0 Å². The number of nitrogens with zero attached hydrogens (tertiary/aromatic N) is 3. The summed E-state index contributed by atoms with van der Waals surface area (Å²) >= 11 is 6.00. The van der Waals surface area contributed by atoms with Crippen molar-refractivity contribution in [2.24, 2.45) is 0 Å². The van der Waals surface area contributed by atoms with Crippen molar-refractivity contribution in [1.29, 1.82) is 0 Å². The number of hydrogen-bond acceptors (Lipinski definition) is 6. The Labute approximate surface area is 190 Å². The standard InChI is InChI=1S/C23H24ClFN4O3/c1-15-9-19(28-5-7-32-8-6-28)3-4-20(15)26-23-27-22(30)21(31-2)14-29(23)13-16-10-17(24)12-18(25)11-16/h3-4,9-12,14H,5-8,13H2,1-2H3,(H,26,27,30). The highest BCUT2D eigenvalue weighted by Crippen LogP contribution is 2.26. The first-order chi connectivity index (χ1) is 15.4. The summed E-state index contributed by atoms with van der Waals surface area (Å²) in [5.74, 6) is -0.0200. The van der Waals surface area contributed by atoms with Crippen molar-refractivity contribution >= 4 is 28.9 Å². The Kier molecular flexibility index (Phi) is 6.62. The number of benzene rings is 2. The minimum Gasteiger partial charge on any atom is -0.490 e. The zero-order valence-corrected chi connectivity index (χ0v) is 18.7. The molecule has 2 heterocycles. The van der Waals surface area contributed by atoms with Crippen LogP contribution in [0.2, 0.25) is 5.02 Å². The number of halogens is 2. The topological polar surface area (TPSA) is 68.6 Å². The van der Waals surface area contributed by atoms with Crippen molar-refractivity contribution in [3.8, 4) is 5.75 Å². The molecule has 1 N–H and O–H groups in total. The molecule has 0 unspecified atom stereocenters. The maximum Gasteiger partial charge on any atom is 0.316 e. The molecule has 1 saturated heterocycles. The molecule has 1 aromatic heterocycles. The van der Waals surface area contributed by atoms with E-state index in [0.29, 0.717) is 29.7 Å². The van der Waals surface area contributed by atoms with Crippen molar-refractivity contribution in [3.63, 3.8) is 0 Å². The maximum absolute atomic E-state index is 13.8. The zero-order valence-electron chi connectivity index (χ0n) is 17.9. The molecule has 2 aromatic carbocycles. The fourth-order valence-electron chi connectivity index (χ4n) is 3.66. The number of anilines is 3. The van der Waals surface area contributed by atoms with Crippen molar-refractivity contribution < 1.29 is 13.9 Å². The van der Waals surface area contributed by atoms with Crippen molar-refractivity contribution in [3.05, 3.63) is 74.9 Å². The lowest BCUT2D eigenvalue weighted by molar-refractivity contribution is 0.122. The highest BCUT2D eigenvalue weighted by Gasteiger charge is 2.14. The largest absolute Gasteiger partial charge is 0.490 e. The normalized spacial score (nSPS) is 13.8. The van der Waals surface area contributed by atoms with E-state index in [1.165, 1.54) is 19.2 Å². The van der Waals surface area contributed by atoms with E-state index >= 15 is 0 Å². The predicted octanol–water partition coefficient (Wildman–Crippen LogP) is 3.98. The fraction of sp³-hybridized carbons (Fsp3) is 0.304. The quantitative estimate of drug-likeness (QED) is 0.602. The van der Waals surface area contributed by atoms with E-state index in [-0.39, 0.29) is 12.3 Å². The van der Waals surface area contributed by atoms with E-state index in [1.54, 1.807) is 16.8 Å². The highest BCUT2D eigenvalue weighted by molar-refractivity contribution is 6.30. The Balaban J connectivity index is 1.65. The number of nitrogens with one attached hydrogen (secondary N) is 1. The lowest BCUT2D eigenvalue weighted by Gasteiger charge is -2.29. The Hall–Kier alpha value is -3.10. The van der Waals surface area contributed by atoms with E-state index in [1.807, 2.05) is 19.1 Å². The second-order valence-corrected chi connectivity index (χ2v) is 8.00. The van der Waals surface area contributed by atoms with Crippen LogP contribution in [0.1, 0.15) is 11.1 Å². The van der Waals surface area contributed by atoms with Gasteiger partial charge in [-0.15, -0.1) is 0 Å². The Morgan fingerprint density at radius 3 is 2.69 bits per heavy atom. The van der Waals surface area contributed by atoms with Gasteiger partial charge in [0, 0.05) is 29.5 Å². The zero-order chi connectivity index (χ0) is 22.7. The van der Waals surface area contributed by atoms with E-state index in [2.05, 4.69) is 21.3 Å². The van der Waals surface area contributed by atoms with Gasteiger partial charge in [0.15, 0.2) is 0 Å². The van der Waals surface area contributed by atoms with Gasteiger partial charge in [0.2, 0.25) is 11.7 Å². The van der Waals surface area contributed by atoms with E-state index in [9.17, 15) is 9.18 Å². The van der Waals surface area contributed by atoms with Gasteiger partial charge in [-0.25, -0.2) is 4.39 Å². The van der Waals surface area contributed by atoms with Crippen LogP contribution in [0.4, 0.5) is 21.7 Å². The van der Waals surface area contributed by atoms with Crippen LogP contribution in [0.25, 0.3) is 0 Å². The molecular weight excluding hydrogens is 435 g/mol. The van der Waals surface area contributed by atoms with Crippen LogP contribution >= 0.6 is 11.6 Å². The van der Waals surface area contributed by atoms with Gasteiger partial charge in [-0.3, -0.25) is 4.79 Å². The molecule has 4 rings (SSSR count). The summed E-state index contributed by atoms with van der Waals surface area (Å²) in [6.45, 7) is 5.36. The van der Waals surface area contributed by atoms with Gasteiger partial charge < -0.3 is 24.3 Å². The van der Waals surface area contributed by atoms with Gasteiger partial charge in [-0.05, 0) is 54.4 Å². The SMILES string of the molecule is COc1cn(Cc2cc(F)cc(Cl)c2)c(Nc2ccc(N3CCOCC3)cc2C)nc1=O. The molecular formula is C23H24ClFN4O3. The molecule has 1 aliphatic heterocycles. The third kappa shape index (κ3) is 5.03. The molecule has 1 fully saturated rings. The van der Waals surface area contributed by atoms with E-state index in [0.717, 1.165) is 30.0 Å². The summed E-state index contributed by atoms with van der Waals surface area (Å²) in [6, 6.07) is 10.4. The van der Waals surface area contributed by atoms with Gasteiger partial charge in [0.25, 0.3) is 0 Å². The predicted molar refractivity (Wildman–Crippen MR) is 123 cm³/mol. The fourth-order valence-corrected chi connectivity index (χ4v) is 3.90. The lowest BCUT2D eigenvalue weighted by Crippen LogP contribution is -2.36. The monoisotopic (exact) mass is 458 g/mol. The molecule has 1 aliphatic rings. The summed E-state index contributed by atoms with van der Waals surface area (Å²) < 4.78 is 26.1. The first kappa shape index (κ1) is 22.1. The highest BCUT2D eigenvalue weighted by atomic mass is 35.5. The number of aryl methyl sites for hydroxylation is 1. The van der Waals surface area contributed by atoms with Gasteiger partial charge in [0.1, 0.15) is 5.82 Å². The van der Waals surface area contributed by atoms with Gasteiger partial charge >= 0.3 is 5.56 Å². The third-order valence-electron chi connectivity index (χ3n) is 5.29. The number of morpholine rings is 1. The van der Waals surface area contributed by atoms with Gasteiger partial charge in [-0.2, -0.15) is 4.98 Å². The molecule has 0 aliphatic carbocycles. The lowest BCUT2D eigenvalue weighted by atomic mass is 10.1. The maximum atomic E-state index is 13.8. The van der Waals surface area contributed by atoms with Crippen LogP contribution < -0.4 is 20.5 Å². The third-order valence-corrected chi connectivity index (χ3v) is 5.51. The molecule has 0 amide bonds. The number of rotatable bonds is 6. The average molecular weight is 459 g/mol. The molecule has 0 spiro atoms. The van der Waals surface area contributed by atoms with Crippen LogP contribution in [0.3, 0.4) is 0 Å². The summed E-state index contributed by atoms with van der Waals surface area (Å²) in [6.07, 6.45) is 1.55. The van der Waals surface area contributed by atoms with Crippen LogP contribution in [-0.2, 0) is 11.3 Å². The van der Waals surface area contributed by atoms with Crippen molar-refractivity contribution in [2.45, 2.75) is 13.5 Å². The molecule has 0 radical (unpaired) electrons. The molecule has 32 heavy (non-hydrogen) atoms. The van der Waals surface area contributed by atoms with Crippen molar-refractivity contribution in [2.75, 3.05) is 43.6 Å². The Bertz CT molecular complexity index is 1160. The Morgan fingerprint density at radius 1 is 1.22 bits per heavy atom. The summed E-state index contributed by atoms with van der Waals surface area (Å²) in [4.78, 5) is 18.8. The average Bonchev–Trinajstić information content (AvgIpc) is 2.76. The number of hydrogen-bond donors (Lipinski definition) is 1. The van der Waals surface area contributed by atoms with Gasteiger partial charge in [0.05, 0.1) is 33.1 Å². The molecule has 3 aromatic rings.